The Morgan fingerprint density at radius 3 is 1.35 bits per heavy atom. The van der Waals surface area contributed by atoms with Crippen molar-refractivity contribution in [2.45, 2.75) is 128 Å². The molecule has 2 aromatic rings. The molecule has 2 aromatic carbocycles. The molecule has 4 bridgehead atoms. The van der Waals surface area contributed by atoms with E-state index < -0.39 is 35.5 Å². The zero-order valence-corrected chi connectivity index (χ0v) is 36.0. The topological polar surface area (TPSA) is 210 Å². The zero-order valence-electron chi connectivity index (χ0n) is 36.0. The quantitative estimate of drug-likeness (QED) is 0.289. The number of piperazine rings is 2. The Balaban J connectivity index is 0.000000228. The molecule has 60 heavy (non-hydrogen) atoms. The lowest BCUT2D eigenvalue weighted by atomic mass is 10.00. The summed E-state index contributed by atoms with van der Waals surface area (Å²) in [5, 5.41) is 5.85. The predicted octanol–water partition coefficient (Wildman–Crippen LogP) is 4.66. The molecule has 4 heterocycles. The van der Waals surface area contributed by atoms with Crippen molar-refractivity contribution in [2.75, 3.05) is 49.1 Å². The molecule has 0 saturated carbocycles. The summed E-state index contributed by atoms with van der Waals surface area (Å²) in [7, 11) is 0. The SMILES string of the molecule is CC(C)(C)OC(=O)N1CC(=O)N2c3cccc(c3)[C@@H](N)CCCCCNC(=O)[C@@H]2C1.CC(C)(C)OC(=O)N1CC(=O)N2c3cccc(c3)[C@@H](N)CCCCCNC(=O)[C@H]2C1. The van der Waals surface area contributed by atoms with E-state index in [-0.39, 0.29) is 61.9 Å². The van der Waals surface area contributed by atoms with E-state index >= 15 is 0 Å². The van der Waals surface area contributed by atoms with Crippen LogP contribution in [0.1, 0.15) is 116 Å². The first kappa shape index (κ1) is 45.9. The number of anilines is 2. The van der Waals surface area contributed by atoms with Gasteiger partial charge in [0.2, 0.25) is 23.6 Å². The molecule has 0 unspecified atom stereocenters. The van der Waals surface area contributed by atoms with Crippen LogP contribution < -0.4 is 31.9 Å². The summed E-state index contributed by atoms with van der Waals surface area (Å²) in [4.78, 5) is 82.9. The van der Waals surface area contributed by atoms with E-state index in [2.05, 4.69) is 10.6 Å². The first-order valence-electron chi connectivity index (χ1n) is 21.2. The van der Waals surface area contributed by atoms with Crippen molar-refractivity contribution in [3.63, 3.8) is 0 Å². The van der Waals surface area contributed by atoms with E-state index in [0.29, 0.717) is 24.5 Å². The largest absolute Gasteiger partial charge is 0.444 e. The van der Waals surface area contributed by atoms with E-state index in [9.17, 15) is 28.8 Å². The van der Waals surface area contributed by atoms with Gasteiger partial charge < -0.3 is 31.6 Å². The number of carbonyl (C=O) groups is 6. The highest BCUT2D eigenvalue weighted by molar-refractivity contribution is 6.05. The molecular weight excluding hydrogens is 769 g/mol. The summed E-state index contributed by atoms with van der Waals surface area (Å²) in [6.45, 7) is 11.5. The molecule has 0 spiro atoms. The minimum Gasteiger partial charge on any atom is -0.444 e. The summed E-state index contributed by atoms with van der Waals surface area (Å²) in [5.41, 5.74) is 14.5. The fraction of sp³-hybridized carbons (Fsp3) is 0.591. The summed E-state index contributed by atoms with van der Waals surface area (Å²) in [6.07, 6.45) is 6.06. The smallest absolute Gasteiger partial charge is 0.410 e. The average molecular weight is 833 g/mol. The van der Waals surface area contributed by atoms with Gasteiger partial charge in [0.15, 0.2) is 0 Å². The molecule has 0 aromatic heterocycles. The fourth-order valence-electron chi connectivity index (χ4n) is 7.65. The molecule has 6 N–H and O–H groups in total. The van der Waals surface area contributed by atoms with Crippen molar-refractivity contribution in [1.82, 2.24) is 20.4 Å². The third kappa shape index (κ3) is 12.4. The standard InChI is InChI=1S/2C22H32N4O4/c2*1-22(2,3)30-21(29)25-13-18-20(28)24-11-6-4-5-10-17(23)15-8-7-9-16(12-15)26(18)19(27)14-25/h2*7-9,12,17-18H,4-6,10-11,13-14,23H2,1-3H3,(H,24,28)/t17-,18+;17-,18-/m00/s1. The summed E-state index contributed by atoms with van der Waals surface area (Å²) < 4.78 is 10.8. The maximum atomic E-state index is 13.1. The molecule has 4 aliphatic heterocycles. The van der Waals surface area contributed by atoms with Crippen LogP contribution in [0.4, 0.5) is 21.0 Å². The first-order valence-corrected chi connectivity index (χ1v) is 21.2. The molecule has 4 aliphatic rings. The molecule has 328 valence electrons. The van der Waals surface area contributed by atoms with Gasteiger partial charge in [-0.1, -0.05) is 49.9 Å². The Kier molecular flexibility index (Phi) is 15.2. The van der Waals surface area contributed by atoms with Gasteiger partial charge >= 0.3 is 12.2 Å². The molecule has 4 atom stereocenters. The average Bonchev–Trinajstić information content (AvgIpc) is 3.18. The van der Waals surface area contributed by atoms with Gasteiger partial charge in [0, 0.05) is 36.5 Å². The number of rotatable bonds is 0. The zero-order chi connectivity index (χ0) is 43.8. The normalized spacial score (nSPS) is 23.5. The Bertz CT molecular complexity index is 1740. The van der Waals surface area contributed by atoms with Crippen LogP contribution in [0.25, 0.3) is 0 Å². The number of hydrogen-bond acceptors (Lipinski definition) is 10. The van der Waals surface area contributed by atoms with Gasteiger partial charge in [0.25, 0.3) is 0 Å². The van der Waals surface area contributed by atoms with Crippen molar-refractivity contribution >= 4 is 47.2 Å². The van der Waals surface area contributed by atoms with Crippen LogP contribution in [0.2, 0.25) is 0 Å². The van der Waals surface area contributed by atoms with Crippen LogP contribution >= 0.6 is 0 Å². The van der Waals surface area contributed by atoms with Crippen molar-refractivity contribution in [3.05, 3.63) is 59.7 Å². The number of nitrogens with one attached hydrogen (secondary N) is 2. The van der Waals surface area contributed by atoms with Crippen LogP contribution in [0.3, 0.4) is 0 Å². The van der Waals surface area contributed by atoms with E-state index in [1.165, 1.54) is 19.6 Å². The van der Waals surface area contributed by atoms with Crippen molar-refractivity contribution in [3.8, 4) is 0 Å². The van der Waals surface area contributed by atoms with Crippen LogP contribution in [-0.2, 0) is 28.7 Å². The third-order valence-electron chi connectivity index (χ3n) is 10.6. The van der Waals surface area contributed by atoms with Crippen LogP contribution in [0.15, 0.2) is 48.5 Å². The molecule has 6 rings (SSSR count). The Morgan fingerprint density at radius 1 is 0.600 bits per heavy atom. The van der Waals surface area contributed by atoms with Crippen LogP contribution in [-0.4, -0.2) is 108 Å². The number of nitrogens with two attached hydrogens (primary N) is 2. The van der Waals surface area contributed by atoms with Gasteiger partial charge in [0.05, 0.1) is 13.1 Å². The van der Waals surface area contributed by atoms with Crippen LogP contribution in [0, 0.1) is 0 Å². The second kappa shape index (κ2) is 19.9. The Labute approximate surface area is 353 Å². The van der Waals surface area contributed by atoms with Crippen molar-refractivity contribution in [1.29, 1.82) is 0 Å². The lowest BCUT2D eigenvalue weighted by molar-refractivity contribution is -0.130. The summed E-state index contributed by atoms with van der Waals surface area (Å²) >= 11 is 0. The van der Waals surface area contributed by atoms with Crippen molar-refractivity contribution in [2.24, 2.45) is 11.5 Å². The highest BCUT2D eigenvalue weighted by Gasteiger charge is 2.42. The van der Waals surface area contributed by atoms with Gasteiger partial charge in [-0.2, -0.15) is 0 Å². The molecule has 16 heteroatoms. The number of fused-ring (bicyclic) bond motifs is 8. The third-order valence-corrected chi connectivity index (χ3v) is 10.6. The molecule has 2 saturated heterocycles. The van der Waals surface area contributed by atoms with Crippen LogP contribution in [0.5, 0.6) is 0 Å². The maximum Gasteiger partial charge on any atom is 0.410 e. The van der Waals surface area contributed by atoms with E-state index in [4.69, 9.17) is 20.9 Å². The lowest BCUT2D eigenvalue weighted by Crippen LogP contribution is -2.63. The predicted molar refractivity (Wildman–Crippen MR) is 228 cm³/mol. The van der Waals surface area contributed by atoms with Gasteiger partial charge in [-0.15, -0.1) is 0 Å². The number of benzene rings is 2. The molecular formula is C44H64N8O8. The molecule has 0 aliphatic carbocycles. The second-order valence-electron chi connectivity index (χ2n) is 18.0. The first-order chi connectivity index (χ1) is 28.3. The van der Waals surface area contributed by atoms with Gasteiger partial charge in [-0.3, -0.25) is 38.8 Å². The molecule has 0 radical (unpaired) electrons. The van der Waals surface area contributed by atoms with Crippen molar-refractivity contribution < 1.29 is 38.2 Å². The highest BCUT2D eigenvalue weighted by Crippen LogP contribution is 2.30. The van der Waals surface area contributed by atoms with E-state index in [1.807, 2.05) is 36.4 Å². The van der Waals surface area contributed by atoms with Gasteiger partial charge in [-0.05, 0) is 103 Å². The monoisotopic (exact) mass is 832 g/mol. The fourth-order valence-corrected chi connectivity index (χ4v) is 7.65. The number of carbonyl (C=O) groups excluding carboxylic acids is 6. The number of ether oxygens (including phenoxy) is 2. The van der Waals surface area contributed by atoms with E-state index in [1.54, 1.807) is 53.7 Å². The second-order valence-corrected chi connectivity index (χ2v) is 18.0. The Morgan fingerprint density at radius 2 is 0.983 bits per heavy atom. The summed E-state index contributed by atoms with van der Waals surface area (Å²) in [6, 6.07) is 13.1. The lowest BCUT2D eigenvalue weighted by Gasteiger charge is -2.40. The minimum absolute atomic E-state index is 0.0722. The number of hydrogen-bond donors (Lipinski definition) is 4. The minimum atomic E-state index is -0.828. The summed E-state index contributed by atoms with van der Waals surface area (Å²) in [5.74, 6) is -1.20. The Hall–Kier alpha value is -5.22. The molecule has 2 fully saturated rings. The number of amides is 6. The molecule has 6 amide bonds. The number of nitrogens with zero attached hydrogens (tertiary/aromatic N) is 4. The highest BCUT2D eigenvalue weighted by atomic mass is 16.6. The molecule has 16 nitrogen and oxygen atoms in total. The van der Waals surface area contributed by atoms with Gasteiger partial charge in [-0.25, -0.2) is 9.59 Å². The van der Waals surface area contributed by atoms with Gasteiger partial charge in [0.1, 0.15) is 36.4 Å². The maximum absolute atomic E-state index is 13.1. The van der Waals surface area contributed by atoms with E-state index in [0.717, 1.165) is 62.5 Å².